The second-order valence-corrected chi connectivity index (χ2v) is 4.97. The summed E-state index contributed by atoms with van der Waals surface area (Å²) in [6, 6.07) is 0. The molecule has 94 valence electrons. The lowest BCUT2D eigenvalue weighted by Gasteiger charge is -2.44. The molecule has 0 heterocycles. The Bertz CT molecular complexity index is 359. The number of hydrogen-bond donors (Lipinski definition) is 3. The third kappa shape index (κ3) is 1.65. The molecule has 3 aliphatic carbocycles. The van der Waals surface area contributed by atoms with Crippen LogP contribution in [0.15, 0.2) is 12.2 Å². The molecular weight excluding hydrogens is 224 g/mol. The van der Waals surface area contributed by atoms with Crippen molar-refractivity contribution in [1.29, 1.82) is 0 Å². The zero-order chi connectivity index (χ0) is 12.6. The van der Waals surface area contributed by atoms with Gasteiger partial charge in [0.05, 0.1) is 6.61 Å². The van der Waals surface area contributed by atoms with E-state index < -0.39 is 29.9 Å². The summed E-state index contributed by atoms with van der Waals surface area (Å²) in [5.74, 6) is -3.16. The van der Waals surface area contributed by atoms with Gasteiger partial charge in [0.1, 0.15) is 0 Å². The number of carboxylic acid groups (broad SMARTS) is 2. The van der Waals surface area contributed by atoms with Crippen molar-refractivity contribution in [2.45, 2.75) is 19.3 Å². The van der Waals surface area contributed by atoms with Gasteiger partial charge in [-0.3, -0.25) is 9.59 Å². The SMILES string of the molecule is O=C(O)C(CO)(C(=O)O)C1CC2C=CC1CC2. The fourth-order valence-electron chi connectivity index (χ4n) is 3.16. The van der Waals surface area contributed by atoms with Gasteiger partial charge in [-0.05, 0) is 37.0 Å². The number of fused-ring (bicyclic) bond motifs is 2. The quantitative estimate of drug-likeness (QED) is 0.497. The van der Waals surface area contributed by atoms with Gasteiger partial charge in [-0.1, -0.05) is 12.2 Å². The van der Waals surface area contributed by atoms with Gasteiger partial charge >= 0.3 is 11.9 Å². The van der Waals surface area contributed by atoms with E-state index in [4.69, 9.17) is 0 Å². The van der Waals surface area contributed by atoms with Gasteiger partial charge in [0.2, 0.25) is 0 Å². The van der Waals surface area contributed by atoms with Crippen LogP contribution in [0.25, 0.3) is 0 Å². The predicted octanol–water partition coefficient (Wildman–Crippen LogP) is 0.737. The zero-order valence-corrected chi connectivity index (χ0v) is 9.37. The Morgan fingerprint density at radius 2 is 1.82 bits per heavy atom. The number of aliphatic hydroxyl groups is 1. The fraction of sp³-hybridized carbons (Fsp3) is 0.667. The Morgan fingerprint density at radius 1 is 1.18 bits per heavy atom. The van der Waals surface area contributed by atoms with Crippen LogP contribution >= 0.6 is 0 Å². The maximum Gasteiger partial charge on any atom is 0.323 e. The molecule has 0 spiro atoms. The number of aliphatic carboxylic acids is 2. The summed E-state index contributed by atoms with van der Waals surface area (Å²) < 4.78 is 0. The standard InChI is InChI=1S/C12H16O5/c13-6-12(10(14)15,11(16)17)9-5-7-1-3-8(9)4-2-7/h1,3,7-9,13H,2,4-6H2,(H,14,15)(H,16,17). The summed E-state index contributed by atoms with van der Waals surface area (Å²) in [7, 11) is 0. The minimum absolute atomic E-state index is 0.0423. The van der Waals surface area contributed by atoms with Crippen molar-refractivity contribution in [1.82, 2.24) is 0 Å². The average Bonchev–Trinajstić information content (AvgIpc) is 2.31. The Balaban J connectivity index is 2.38. The third-order valence-electron chi connectivity index (χ3n) is 4.22. The largest absolute Gasteiger partial charge is 0.480 e. The van der Waals surface area contributed by atoms with Gasteiger partial charge < -0.3 is 15.3 Å². The minimum Gasteiger partial charge on any atom is -0.480 e. The lowest BCUT2D eigenvalue weighted by molar-refractivity contribution is -0.176. The van der Waals surface area contributed by atoms with Gasteiger partial charge in [0.15, 0.2) is 5.41 Å². The second-order valence-electron chi connectivity index (χ2n) is 4.97. The van der Waals surface area contributed by atoms with Crippen molar-refractivity contribution < 1.29 is 24.9 Å². The number of carbonyl (C=O) groups is 2. The van der Waals surface area contributed by atoms with E-state index in [2.05, 4.69) is 0 Å². The summed E-state index contributed by atoms with van der Waals surface area (Å²) in [6.07, 6.45) is 6.29. The Morgan fingerprint density at radius 3 is 2.12 bits per heavy atom. The molecule has 0 aliphatic heterocycles. The number of allylic oxidation sites excluding steroid dienone is 2. The van der Waals surface area contributed by atoms with Gasteiger partial charge in [0, 0.05) is 0 Å². The molecule has 1 fully saturated rings. The summed E-state index contributed by atoms with van der Waals surface area (Å²) in [5, 5.41) is 27.7. The van der Waals surface area contributed by atoms with E-state index in [-0.39, 0.29) is 11.8 Å². The first-order valence-corrected chi connectivity index (χ1v) is 5.78. The van der Waals surface area contributed by atoms with Gasteiger partial charge in [-0.25, -0.2) is 0 Å². The molecule has 2 bridgehead atoms. The molecule has 3 unspecified atom stereocenters. The molecule has 0 aromatic carbocycles. The van der Waals surface area contributed by atoms with E-state index in [9.17, 15) is 24.9 Å². The normalized spacial score (nSPS) is 31.5. The molecule has 0 radical (unpaired) electrons. The summed E-state index contributed by atoms with van der Waals surface area (Å²) in [5.41, 5.74) is -2.05. The topological polar surface area (TPSA) is 94.8 Å². The molecule has 3 aliphatic rings. The Kier molecular flexibility index (Phi) is 2.95. The van der Waals surface area contributed by atoms with Crippen molar-refractivity contribution in [3.63, 3.8) is 0 Å². The molecule has 5 heteroatoms. The summed E-state index contributed by atoms with van der Waals surface area (Å²) >= 11 is 0. The van der Waals surface area contributed by atoms with Crippen LogP contribution in [0.1, 0.15) is 19.3 Å². The Labute approximate surface area is 98.8 Å². The minimum atomic E-state index is -2.05. The highest BCUT2D eigenvalue weighted by molar-refractivity contribution is 5.99. The molecular formula is C12H16O5. The average molecular weight is 240 g/mol. The van der Waals surface area contributed by atoms with Crippen LogP contribution in [0.3, 0.4) is 0 Å². The van der Waals surface area contributed by atoms with Crippen molar-refractivity contribution in [2.75, 3.05) is 6.61 Å². The first kappa shape index (κ1) is 12.1. The molecule has 0 aromatic heterocycles. The molecule has 1 saturated carbocycles. The van der Waals surface area contributed by atoms with Gasteiger partial charge in [-0.2, -0.15) is 0 Å². The van der Waals surface area contributed by atoms with Crippen LogP contribution in [-0.2, 0) is 9.59 Å². The van der Waals surface area contributed by atoms with E-state index in [1.165, 1.54) is 0 Å². The fourth-order valence-corrected chi connectivity index (χ4v) is 3.16. The maximum absolute atomic E-state index is 11.3. The first-order chi connectivity index (χ1) is 8.02. The van der Waals surface area contributed by atoms with Crippen molar-refractivity contribution in [3.05, 3.63) is 12.2 Å². The molecule has 0 saturated heterocycles. The molecule has 3 atom stereocenters. The first-order valence-electron chi connectivity index (χ1n) is 5.78. The lowest BCUT2D eigenvalue weighted by Crippen LogP contribution is -2.53. The monoisotopic (exact) mass is 240 g/mol. The van der Waals surface area contributed by atoms with Crippen LogP contribution in [0.4, 0.5) is 0 Å². The van der Waals surface area contributed by atoms with E-state index in [0.29, 0.717) is 6.42 Å². The number of rotatable bonds is 4. The highest BCUT2D eigenvalue weighted by Crippen LogP contribution is 2.48. The van der Waals surface area contributed by atoms with Crippen LogP contribution < -0.4 is 0 Å². The van der Waals surface area contributed by atoms with Crippen LogP contribution in [-0.4, -0.2) is 33.9 Å². The van der Waals surface area contributed by atoms with Crippen LogP contribution in [0.5, 0.6) is 0 Å². The lowest BCUT2D eigenvalue weighted by atomic mass is 9.59. The maximum atomic E-state index is 11.3. The van der Waals surface area contributed by atoms with E-state index >= 15 is 0 Å². The highest BCUT2D eigenvalue weighted by Gasteiger charge is 2.56. The van der Waals surface area contributed by atoms with Crippen LogP contribution in [0, 0.1) is 23.2 Å². The predicted molar refractivity (Wildman–Crippen MR) is 58.3 cm³/mol. The Hall–Kier alpha value is -1.36. The highest BCUT2D eigenvalue weighted by atomic mass is 16.4. The smallest absolute Gasteiger partial charge is 0.323 e. The summed E-state index contributed by atoms with van der Waals surface area (Å²) in [6.45, 7) is -0.848. The molecule has 0 amide bonds. The number of aliphatic hydroxyl groups excluding tert-OH is 1. The van der Waals surface area contributed by atoms with Gasteiger partial charge in [-0.15, -0.1) is 0 Å². The van der Waals surface area contributed by atoms with E-state index in [0.717, 1.165) is 12.8 Å². The molecule has 3 rings (SSSR count). The van der Waals surface area contributed by atoms with E-state index in [1.807, 2.05) is 12.2 Å². The number of carboxylic acids is 2. The van der Waals surface area contributed by atoms with Crippen molar-refractivity contribution in [3.8, 4) is 0 Å². The van der Waals surface area contributed by atoms with Gasteiger partial charge in [0.25, 0.3) is 0 Å². The molecule has 0 aromatic rings. The van der Waals surface area contributed by atoms with Crippen molar-refractivity contribution >= 4 is 11.9 Å². The van der Waals surface area contributed by atoms with E-state index in [1.54, 1.807) is 0 Å². The molecule has 5 nitrogen and oxygen atoms in total. The summed E-state index contributed by atoms with van der Waals surface area (Å²) in [4.78, 5) is 22.6. The van der Waals surface area contributed by atoms with Crippen LogP contribution in [0.2, 0.25) is 0 Å². The van der Waals surface area contributed by atoms with Crippen molar-refractivity contribution in [2.24, 2.45) is 23.2 Å². The third-order valence-corrected chi connectivity index (χ3v) is 4.22. The second kappa shape index (κ2) is 4.14. The zero-order valence-electron chi connectivity index (χ0n) is 9.37. The molecule has 17 heavy (non-hydrogen) atoms. The molecule has 3 N–H and O–H groups in total. The number of hydrogen-bond acceptors (Lipinski definition) is 3.